The molecule has 132 valence electrons. The van der Waals surface area contributed by atoms with E-state index in [-0.39, 0.29) is 17.8 Å². The maximum Gasteiger partial charge on any atom is 0.233 e. The van der Waals surface area contributed by atoms with Crippen LogP contribution in [0.25, 0.3) is 0 Å². The Labute approximate surface area is 159 Å². The fourth-order valence-electron chi connectivity index (χ4n) is 4.89. The number of nitrogens with one attached hydrogen (secondary N) is 1. The van der Waals surface area contributed by atoms with Gasteiger partial charge in [-0.3, -0.25) is 4.79 Å². The molecule has 4 rings (SSSR count). The second kappa shape index (κ2) is 7.35. The Kier molecular flexibility index (Phi) is 5.58. The van der Waals surface area contributed by atoms with Crippen molar-refractivity contribution in [1.29, 1.82) is 0 Å². The van der Waals surface area contributed by atoms with Crippen LogP contribution in [-0.4, -0.2) is 37.0 Å². The van der Waals surface area contributed by atoms with E-state index < -0.39 is 0 Å². The number of nitrogens with zero attached hydrogens (tertiary/aromatic N) is 1. The zero-order valence-corrected chi connectivity index (χ0v) is 16.4. The third-order valence-corrected chi connectivity index (χ3v) is 6.66. The first kappa shape index (κ1) is 18.2. The van der Waals surface area contributed by atoms with Crippen molar-refractivity contribution in [2.45, 2.75) is 37.5 Å². The summed E-state index contributed by atoms with van der Waals surface area (Å²) in [5, 5.41) is 3.47. The summed E-state index contributed by atoms with van der Waals surface area (Å²) >= 11 is 3.59. The smallest absolute Gasteiger partial charge is 0.233 e. The van der Waals surface area contributed by atoms with E-state index in [9.17, 15) is 4.79 Å². The van der Waals surface area contributed by atoms with E-state index in [1.54, 1.807) is 0 Å². The molecule has 0 radical (unpaired) electrons. The number of fused-ring (bicyclic) bond motifs is 1. The van der Waals surface area contributed by atoms with Crippen LogP contribution >= 0.6 is 28.3 Å². The minimum atomic E-state index is -0.284. The molecule has 2 heterocycles. The number of likely N-dealkylation sites (tertiary alicyclic amines) is 1. The first-order valence-electron chi connectivity index (χ1n) is 8.95. The standard InChI is InChI=1S/C19H25BrN2O.ClH/c20-17-6-4-5-16(9-17)19(7-2-1-3-8-19)18(23)22-12-14-10-21-11-15(14)13-22;/h4-6,9,14-15,21H,1-3,7-8,10-13H2;1H/t14-,15+;. The monoisotopic (exact) mass is 412 g/mol. The van der Waals surface area contributed by atoms with Crippen molar-refractivity contribution < 1.29 is 4.79 Å². The summed E-state index contributed by atoms with van der Waals surface area (Å²) in [4.78, 5) is 15.7. The molecule has 1 aromatic rings. The van der Waals surface area contributed by atoms with Crippen molar-refractivity contribution in [3.05, 3.63) is 34.3 Å². The molecule has 1 amide bonds. The van der Waals surface area contributed by atoms with Gasteiger partial charge in [0.05, 0.1) is 5.41 Å². The largest absolute Gasteiger partial charge is 0.341 e. The average molecular weight is 414 g/mol. The molecule has 5 heteroatoms. The SMILES string of the molecule is Cl.O=C(N1C[C@H]2CNC[C@H]2C1)C1(c2cccc(Br)c2)CCCCC1. The Morgan fingerprint density at radius 2 is 1.79 bits per heavy atom. The first-order valence-corrected chi connectivity index (χ1v) is 9.74. The third kappa shape index (κ3) is 3.13. The topological polar surface area (TPSA) is 32.3 Å². The van der Waals surface area contributed by atoms with Crippen LogP contribution in [0.5, 0.6) is 0 Å². The van der Waals surface area contributed by atoms with Gasteiger partial charge >= 0.3 is 0 Å². The molecule has 2 aliphatic heterocycles. The van der Waals surface area contributed by atoms with Gasteiger partial charge < -0.3 is 10.2 Å². The summed E-state index contributed by atoms with van der Waals surface area (Å²) in [5.41, 5.74) is 0.931. The highest BCUT2D eigenvalue weighted by Gasteiger charge is 2.47. The lowest BCUT2D eigenvalue weighted by atomic mass is 9.68. The molecular formula is C19H26BrClN2O. The van der Waals surface area contributed by atoms with Crippen LogP contribution in [0.2, 0.25) is 0 Å². The molecule has 1 saturated carbocycles. The van der Waals surface area contributed by atoms with Gasteiger partial charge in [-0.05, 0) is 42.4 Å². The Morgan fingerprint density at radius 1 is 1.12 bits per heavy atom. The zero-order valence-electron chi connectivity index (χ0n) is 14.0. The van der Waals surface area contributed by atoms with Crippen molar-refractivity contribution in [3.8, 4) is 0 Å². The lowest BCUT2D eigenvalue weighted by molar-refractivity contribution is -0.138. The summed E-state index contributed by atoms with van der Waals surface area (Å²) in [5.74, 6) is 1.73. The second-order valence-electron chi connectivity index (χ2n) is 7.54. The predicted molar refractivity (Wildman–Crippen MR) is 103 cm³/mol. The van der Waals surface area contributed by atoms with Crippen LogP contribution in [0.1, 0.15) is 37.7 Å². The van der Waals surface area contributed by atoms with E-state index in [0.29, 0.717) is 17.7 Å². The number of hydrogen-bond donors (Lipinski definition) is 1. The molecule has 0 aromatic heterocycles. The van der Waals surface area contributed by atoms with E-state index in [1.165, 1.54) is 24.8 Å². The highest BCUT2D eigenvalue weighted by atomic mass is 79.9. The number of carbonyl (C=O) groups excluding carboxylic acids is 1. The van der Waals surface area contributed by atoms with Gasteiger partial charge in [0.2, 0.25) is 5.91 Å². The molecule has 1 N–H and O–H groups in total. The fraction of sp³-hybridized carbons (Fsp3) is 0.632. The van der Waals surface area contributed by atoms with Crippen molar-refractivity contribution in [1.82, 2.24) is 10.2 Å². The zero-order chi connectivity index (χ0) is 15.9. The summed E-state index contributed by atoms with van der Waals surface area (Å²) < 4.78 is 1.08. The van der Waals surface area contributed by atoms with E-state index in [0.717, 1.165) is 43.5 Å². The molecule has 3 aliphatic rings. The number of halogens is 2. The molecule has 3 nitrogen and oxygen atoms in total. The van der Waals surface area contributed by atoms with Gasteiger partial charge in [0.25, 0.3) is 0 Å². The molecule has 2 atom stereocenters. The molecule has 3 fully saturated rings. The molecule has 2 saturated heterocycles. The lowest BCUT2D eigenvalue weighted by Gasteiger charge is -2.39. The second-order valence-corrected chi connectivity index (χ2v) is 8.46. The highest BCUT2D eigenvalue weighted by molar-refractivity contribution is 9.10. The van der Waals surface area contributed by atoms with Gasteiger partial charge in [0.1, 0.15) is 0 Å². The summed E-state index contributed by atoms with van der Waals surface area (Å²) in [6, 6.07) is 8.45. The highest BCUT2D eigenvalue weighted by Crippen LogP contribution is 2.43. The Balaban J connectivity index is 0.00000169. The van der Waals surface area contributed by atoms with Crippen molar-refractivity contribution in [2.24, 2.45) is 11.8 Å². The van der Waals surface area contributed by atoms with Gasteiger partial charge in [-0.1, -0.05) is 47.3 Å². The predicted octanol–water partition coefficient (Wildman–Crippen LogP) is 3.75. The van der Waals surface area contributed by atoms with Crippen LogP contribution in [0.15, 0.2) is 28.7 Å². The first-order chi connectivity index (χ1) is 11.2. The summed E-state index contributed by atoms with van der Waals surface area (Å²) in [7, 11) is 0. The number of rotatable bonds is 2. The molecule has 24 heavy (non-hydrogen) atoms. The number of hydrogen-bond acceptors (Lipinski definition) is 2. The lowest BCUT2D eigenvalue weighted by Crippen LogP contribution is -2.48. The van der Waals surface area contributed by atoms with Gasteiger partial charge in [0, 0.05) is 30.7 Å². The Bertz CT molecular complexity index is 591. The van der Waals surface area contributed by atoms with Crippen LogP contribution in [0, 0.1) is 11.8 Å². The van der Waals surface area contributed by atoms with E-state index in [1.807, 2.05) is 0 Å². The minimum absolute atomic E-state index is 0. The average Bonchev–Trinajstić information content (AvgIpc) is 3.16. The van der Waals surface area contributed by atoms with Gasteiger partial charge in [-0.25, -0.2) is 0 Å². The quantitative estimate of drug-likeness (QED) is 0.801. The normalized spacial score (nSPS) is 28.3. The maximum atomic E-state index is 13.6. The van der Waals surface area contributed by atoms with Gasteiger partial charge in [-0.2, -0.15) is 0 Å². The van der Waals surface area contributed by atoms with Crippen LogP contribution < -0.4 is 5.32 Å². The fourth-order valence-corrected chi connectivity index (χ4v) is 5.29. The number of carbonyl (C=O) groups is 1. The van der Waals surface area contributed by atoms with Crippen LogP contribution in [-0.2, 0) is 10.2 Å². The molecular weight excluding hydrogens is 388 g/mol. The molecule has 0 spiro atoms. The maximum absolute atomic E-state index is 13.6. The minimum Gasteiger partial charge on any atom is -0.341 e. The summed E-state index contributed by atoms with van der Waals surface area (Å²) in [6.07, 6.45) is 5.61. The van der Waals surface area contributed by atoms with Gasteiger partial charge in [-0.15, -0.1) is 12.4 Å². The molecule has 1 aromatic carbocycles. The van der Waals surface area contributed by atoms with Gasteiger partial charge in [0.15, 0.2) is 0 Å². The van der Waals surface area contributed by atoms with Crippen molar-refractivity contribution >= 4 is 34.2 Å². The Hall–Kier alpha value is -0.580. The van der Waals surface area contributed by atoms with E-state index in [4.69, 9.17) is 0 Å². The summed E-state index contributed by atoms with van der Waals surface area (Å²) in [6.45, 7) is 4.06. The molecule has 0 bridgehead atoms. The van der Waals surface area contributed by atoms with Crippen LogP contribution in [0.4, 0.5) is 0 Å². The van der Waals surface area contributed by atoms with E-state index >= 15 is 0 Å². The molecule has 1 aliphatic carbocycles. The van der Waals surface area contributed by atoms with E-state index in [2.05, 4.69) is 50.4 Å². The van der Waals surface area contributed by atoms with Crippen molar-refractivity contribution in [2.75, 3.05) is 26.2 Å². The van der Waals surface area contributed by atoms with Crippen molar-refractivity contribution in [3.63, 3.8) is 0 Å². The number of benzene rings is 1. The molecule has 0 unspecified atom stereocenters. The van der Waals surface area contributed by atoms with Crippen LogP contribution in [0.3, 0.4) is 0 Å². The Morgan fingerprint density at radius 3 is 2.42 bits per heavy atom. The third-order valence-electron chi connectivity index (χ3n) is 6.17. The number of amides is 1.